The molecule has 1 amide bonds. The molecule has 0 unspecified atom stereocenters. The van der Waals surface area contributed by atoms with Crippen molar-refractivity contribution in [3.05, 3.63) is 66.0 Å². The zero-order valence-electron chi connectivity index (χ0n) is 20.3. The maximum Gasteiger partial charge on any atom is 0.230 e. The van der Waals surface area contributed by atoms with Crippen LogP contribution in [0.25, 0.3) is 16.6 Å². The molecule has 34 heavy (non-hydrogen) atoms. The maximum absolute atomic E-state index is 13.5. The van der Waals surface area contributed by atoms with Gasteiger partial charge in [0.25, 0.3) is 0 Å². The van der Waals surface area contributed by atoms with E-state index in [0.29, 0.717) is 13.1 Å². The highest BCUT2D eigenvalue weighted by Gasteiger charge is 2.33. The Morgan fingerprint density at radius 1 is 1.03 bits per heavy atom. The quantitative estimate of drug-likeness (QED) is 0.438. The molecule has 1 saturated heterocycles. The molecule has 7 heteroatoms. The molecule has 3 heterocycles. The van der Waals surface area contributed by atoms with Gasteiger partial charge in [-0.15, -0.1) is 10.2 Å². The molecule has 0 radical (unpaired) electrons. The third-order valence-corrected chi connectivity index (χ3v) is 6.87. The average molecular weight is 457 g/mol. The van der Waals surface area contributed by atoms with Gasteiger partial charge in [0.15, 0.2) is 5.65 Å². The molecule has 7 nitrogen and oxygen atoms in total. The fourth-order valence-electron chi connectivity index (χ4n) is 5.08. The summed E-state index contributed by atoms with van der Waals surface area (Å²) in [7, 11) is 0. The van der Waals surface area contributed by atoms with Crippen molar-refractivity contribution in [2.24, 2.45) is 0 Å². The third kappa shape index (κ3) is 3.79. The summed E-state index contributed by atoms with van der Waals surface area (Å²) < 4.78 is 2.11. The summed E-state index contributed by atoms with van der Waals surface area (Å²) in [6, 6.07) is 18.3. The van der Waals surface area contributed by atoms with Crippen LogP contribution in [0.3, 0.4) is 0 Å². The van der Waals surface area contributed by atoms with E-state index < -0.39 is 0 Å². The van der Waals surface area contributed by atoms with Gasteiger partial charge < -0.3 is 9.80 Å². The number of aromatic nitrogens is 4. The number of rotatable bonds is 5. The van der Waals surface area contributed by atoms with Crippen molar-refractivity contribution in [3.8, 4) is 0 Å². The fourth-order valence-corrected chi connectivity index (χ4v) is 5.08. The summed E-state index contributed by atoms with van der Waals surface area (Å²) in [5.74, 6) is 2.09. The molecule has 0 saturated carbocycles. The van der Waals surface area contributed by atoms with Crippen LogP contribution < -0.4 is 4.90 Å². The number of nitrogens with zero attached hydrogens (tertiary/aromatic N) is 6. The predicted molar refractivity (Wildman–Crippen MR) is 135 cm³/mol. The van der Waals surface area contributed by atoms with Crippen molar-refractivity contribution >= 4 is 28.4 Å². The molecule has 2 atom stereocenters. The highest BCUT2D eigenvalue weighted by Crippen LogP contribution is 2.29. The molecule has 1 aliphatic rings. The van der Waals surface area contributed by atoms with Crippen LogP contribution in [0.2, 0.25) is 0 Å². The van der Waals surface area contributed by atoms with Gasteiger partial charge in [-0.25, -0.2) is 9.38 Å². The molecule has 4 aromatic rings. The molecular weight excluding hydrogens is 424 g/mol. The van der Waals surface area contributed by atoms with Gasteiger partial charge in [-0.1, -0.05) is 63.2 Å². The fraction of sp³-hybridized carbons (Fsp3) is 0.407. The molecule has 2 aromatic heterocycles. The first-order valence-corrected chi connectivity index (χ1v) is 12.2. The zero-order valence-corrected chi connectivity index (χ0v) is 20.3. The van der Waals surface area contributed by atoms with Gasteiger partial charge in [-0.3, -0.25) is 4.79 Å². The van der Waals surface area contributed by atoms with Crippen LogP contribution >= 0.6 is 0 Å². The smallest absolute Gasteiger partial charge is 0.230 e. The summed E-state index contributed by atoms with van der Waals surface area (Å²) in [5, 5.41) is 10.0. The van der Waals surface area contributed by atoms with Crippen LogP contribution in [0.5, 0.6) is 0 Å². The van der Waals surface area contributed by atoms with Gasteiger partial charge in [-0.2, -0.15) is 0 Å². The van der Waals surface area contributed by atoms with E-state index in [1.165, 1.54) is 0 Å². The Balaban J connectivity index is 1.47. The van der Waals surface area contributed by atoms with Crippen molar-refractivity contribution in [2.45, 2.75) is 52.0 Å². The normalized spacial score (nSPS) is 17.6. The van der Waals surface area contributed by atoms with Gasteiger partial charge >= 0.3 is 0 Å². The second kappa shape index (κ2) is 9.05. The van der Waals surface area contributed by atoms with Gasteiger partial charge in [0.05, 0.1) is 11.4 Å². The van der Waals surface area contributed by atoms with E-state index in [1.807, 2.05) is 47.4 Å². The number of carbonyl (C=O) groups excluding carboxylic acids is 1. The van der Waals surface area contributed by atoms with Gasteiger partial charge in [-0.05, 0) is 31.0 Å². The highest BCUT2D eigenvalue weighted by molar-refractivity contribution is 5.92. The van der Waals surface area contributed by atoms with E-state index in [0.717, 1.165) is 46.9 Å². The topological polar surface area (TPSA) is 66.6 Å². The number of fused-ring (bicyclic) bond motifs is 3. The second-order valence-corrected chi connectivity index (χ2v) is 9.50. The average Bonchev–Trinajstić information content (AvgIpc) is 3.30. The lowest BCUT2D eigenvalue weighted by atomic mass is 9.94. The van der Waals surface area contributed by atoms with Crippen LogP contribution in [0.15, 0.2) is 54.6 Å². The van der Waals surface area contributed by atoms with E-state index in [2.05, 4.69) is 59.3 Å². The molecule has 0 aliphatic carbocycles. The molecule has 1 fully saturated rings. The van der Waals surface area contributed by atoms with E-state index >= 15 is 0 Å². The number of piperazine rings is 1. The van der Waals surface area contributed by atoms with Crippen molar-refractivity contribution in [1.82, 2.24) is 24.5 Å². The molecule has 5 rings (SSSR count). The Morgan fingerprint density at radius 2 is 1.76 bits per heavy atom. The predicted octanol–water partition coefficient (Wildman–Crippen LogP) is 4.63. The van der Waals surface area contributed by atoms with Crippen LogP contribution in [-0.4, -0.2) is 56.1 Å². The molecule has 1 aliphatic heterocycles. The minimum absolute atomic E-state index is 0.0707. The van der Waals surface area contributed by atoms with Gasteiger partial charge in [0.2, 0.25) is 11.9 Å². The first-order chi connectivity index (χ1) is 16.5. The summed E-state index contributed by atoms with van der Waals surface area (Å²) in [6.07, 6.45) is 0.793. The number of hydrogen-bond acceptors (Lipinski definition) is 5. The third-order valence-electron chi connectivity index (χ3n) is 6.87. The minimum Gasteiger partial charge on any atom is -0.338 e. The van der Waals surface area contributed by atoms with E-state index in [9.17, 15) is 4.79 Å². The number of benzene rings is 2. The van der Waals surface area contributed by atoms with E-state index in [4.69, 9.17) is 4.98 Å². The first-order valence-electron chi connectivity index (χ1n) is 12.2. The lowest BCUT2D eigenvalue weighted by Gasteiger charge is -2.41. The summed E-state index contributed by atoms with van der Waals surface area (Å²) in [5.41, 5.74) is 2.84. The minimum atomic E-state index is -0.105. The molecular formula is C27H32N6O. The van der Waals surface area contributed by atoms with Crippen LogP contribution in [0, 0.1) is 0 Å². The first kappa shape index (κ1) is 22.3. The lowest BCUT2D eigenvalue weighted by molar-refractivity contribution is -0.135. The second-order valence-electron chi connectivity index (χ2n) is 9.50. The molecule has 0 N–H and O–H groups in total. The molecule has 2 aromatic carbocycles. The SMILES string of the molecule is CC[C@H](C(=O)N1CCN(c2nc3ccccc3c3nnc(C(C)C)n23)C[C@@H]1C)c1ccccc1. The van der Waals surface area contributed by atoms with Crippen LogP contribution in [0.4, 0.5) is 5.95 Å². The van der Waals surface area contributed by atoms with E-state index in [1.54, 1.807) is 0 Å². The molecule has 0 bridgehead atoms. The number of anilines is 1. The van der Waals surface area contributed by atoms with Crippen LogP contribution in [-0.2, 0) is 4.79 Å². The monoisotopic (exact) mass is 456 g/mol. The van der Waals surface area contributed by atoms with Crippen molar-refractivity contribution < 1.29 is 4.79 Å². The van der Waals surface area contributed by atoms with E-state index in [-0.39, 0.29) is 23.8 Å². The Morgan fingerprint density at radius 3 is 2.47 bits per heavy atom. The van der Waals surface area contributed by atoms with Gasteiger partial charge in [0, 0.05) is 37.0 Å². The molecule has 176 valence electrons. The number of carbonyl (C=O) groups is 1. The summed E-state index contributed by atoms with van der Waals surface area (Å²) in [4.78, 5) is 22.9. The Bertz CT molecular complexity index is 1310. The Kier molecular flexibility index (Phi) is 5.94. The standard InChI is InChI=1S/C27H32N6O/c1-5-21(20-11-7-6-8-12-20)26(34)32-16-15-31(17-19(32)4)27-28-23-14-10-9-13-22(23)25-30-29-24(18(2)3)33(25)27/h6-14,18-19,21H,5,15-17H2,1-4H3/t19-,21-/m0/s1. The van der Waals surface area contributed by atoms with Crippen molar-refractivity contribution in [3.63, 3.8) is 0 Å². The number of para-hydroxylation sites is 1. The molecule has 0 spiro atoms. The number of amides is 1. The zero-order chi connectivity index (χ0) is 23.8. The van der Waals surface area contributed by atoms with Crippen LogP contribution in [0.1, 0.15) is 57.3 Å². The summed E-state index contributed by atoms with van der Waals surface area (Å²) in [6.45, 7) is 10.6. The largest absolute Gasteiger partial charge is 0.338 e. The lowest BCUT2D eigenvalue weighted by Crippen LogP contribution is -2.55. The van der Waals surface area contributed by atoms with Crippen molar-refractivity contribution in [1.29, 1.82) is 0 Å². The Labute approximate surface area is 200 Å². The summed E-state index contributed by atoms with van der Waals surface area (Å²) >= 11 is 0. The Hall–Kier alpha value is -3.48. The maximum atomic E-state index is 13.5. The number of hydrogen-bond donors (Lipinski definition) is 0. The van der Waals surface area contributed by atoms with Crippen molar-refractivity contribution in [2.75, 3.05) is 24.5 Å². The van der Waals surface area contributed by atoms with Gasteiger partial charge in [0.1, 0.15) is 5.82 Å². The highest BCUT2D eigenvalue weighted by atomic mass is 16.2.